The van der Waals surface area contributed by atoms with E-state index >= 15 is 0 Å². The number of ether oxygens (including phenoxy) is 1. The van der Waals surface area contributed by atoms with Crippen molar-refractivity contribution in [2.75, 3.05) is 39.4 Å². The molecule has 1 amide bonds. The van der Waals surface area contributed by atoms with Gasteiger partial charge in [-0.05, 0) is 34.0 Å². The Bertz CT molecular complexity index is 979. The van der Waals surface area contributed by atoms with E-state index in [0.29, 0.717) is 12.1 Å². The second kappa shape index (κ2) is 9.18. The summed E-state index contributed by atoms with van der Waals surface area (Å²) in [6.07, 6.45) is 0. The SMILES string of the molecule is [NH3+]Cc1ccc2ccccc2c1-c1ccc(C(=O)NCC[NH+]2CCOCC2)cc1. The maximum atomic E-state index is 12.5. The van der Waals surface area contributed by atoms with Gasteiger partial charge < -0.3 is 20.7 Å². The van der Waals surface area contributed by atoms with Crippen LogP contribution in [0, 0.1) is 0 Å². The van der Waals surface area contributed by atoms with Gasteiger partial charge in [-0.3, -0.25) is 4.79 Å². The average Bonchev–Trinajstić information content (AvgIpc) is 2.79. The molecule has 0 radical (unpaired) electrons. The molecule has 5 nitrogen and oxygen atoms in total. The molecule has 1 fully saturated rings. The first-order valence-electron chi connectivity index (χ1n) is 10.4. The van der Waals surface area contributed by atoms with E-state index in [2.05, 4.69) is 47.4 Å². The van der Waals surface area contributed by atoms with Crippen LogP contribution in [0.1, 0.15) is 15.9 Å². The summed E-state index contributed by atoms with van der Waals surface area (Å²) < 4.78 is 5.38. The monoisotopic (exact) mass is 391 g/mol. The van der Waals surface area contributed by atoms with Crippen LogP contribution in [0.25, 0.3) is 21.9 Å². The second-order valence-electron chi connectivity index (χ2n) is 7.52. The van der Waals surface area contributed by atoms with Gasteiger partial charge >= 0.3 is 0 Å². The fraction of sp³-hybridized carbons (Fsp3) is 0.292. The highest BCUT2D eigenvalue weighted by atomic mass is 16.5. The smallest absolute Gasteiger partial charge is 0.251 e. The van der Waals surface area contributed by atoms with Crippen LogP contribution in [0.15, 0.2) is 60.7 Å². The predicted octanol–water partition coefficient (Wildman–Crippen LogP) is 0.894. The molecule has 4 rings (SSSR count). The van der Waals surface area contributed by atoms with E-state index in [1.54, 1.807) is 0 Å². The number of hydrogen-bond donors (Lipinski definition) is 3. The summed E-state index contributed by atoms with van der Waals surface area (Å²) in [5.41, 5.74) is 8.34. The molecule has 1 saturated heterocycles. The molecule has 3 aromatic carbocycles. The molecule has 3 aromatic rings. The third-order valence-corrected chi connectivity index (χ3v) is 5.68. The maximum absolute atomic E-state index is 12.5. The number of morpholine rings is 1. The number of rotatable bonds is 6. The Morgan fingerprint density at radius 1 is 1.00 bits per heavy atom. The molecule has 0 unspecified atom stereocenters. The van der Waals surface area contributed by atoms with Crippen molar-refractivity contribution in [3.8, 4) is 11.1 Å². The van der Waals surface area contributed by atoms with Gasteiger partial charge in [0, 0.05) is 11.1 Å². The first-order chi connectivity index (χ1) is 14.3. The standard InChI is InChI=1S/C24H27N3O2/c25-17-21-10-5-18-3-1-2-4-22(18)23(21)19-6-8-20(9-7-19)24(28)26-11-12-27-13-15-29-16-14-27/h1-10H,11-17,25H2,(H,26,28)/p+2. The molecule has 1 aliphatic heterocycles. The zero-order chi connectivity index (χ0) is 20.1. The molecule has 0 spiro atoms. The van der Waals surface area contributed by atoms with Gasteiger partial charge in [-0.1, -0.05) is 48.5 Å². The Hall–Kier alpha value is -2.73. The Balaban J connectivity index is 1.48. The summed E-state index contributed by atoms with van der Waals surface area (Å²) in [4.78, 5) is 14.0. The van der Waals surface area contributed by atoms with E-state index in [1.165, 1.54) is 26.8 Å². The van der Waals surface area contributed by atoms with Crippen molar-refractivity contribution < 1.29 is 20.2 Å². The van der Waals surface area contributed by atoms with Crippen LogP contribution in [-0.2, 0) is 11.3 Å². The quantitative estimate of drug-likeness (QED) is 0.584. The number of quaternary nitrogens is 2. The Morgan fingerprint density at radius 3 is 2.52 bits per heavy atom. The van der Waals surface area contributed by atoms with Crippen LogP contribution < -0.4 is 16.0 Å². The van der Waals surface area contributed by atoms with Crippen LogP contribution in [0.2, 0.25) is 0 Å². The number of benzene rings is 3. The summed E-state index contributed by atoms with van der Waals surface area (Å²) in [5.74, 6) is -0.0143. The van der Waals surface area contributed by atoms with Crippen LogP contribution in [0.3, 0.4) is 0 Å². The van der Waals surface area contributed by atoms with Gasteiger partial charge in [0.25, 0.3) is 5.91 Å². The van der Waals surface area contributed by atoms with Crippen LogP contribution in [-0.4, -0.2) is 45.3 Å². The van der Waals surface area contributed by atoms with Crippen molar-refractivity contribution in [3.63, 3.8) is 0 Å². The highest BCUT2D eigenvalue weighted by Gasteiger charge is 2.15. The summed E-state index contributed by atoms with van der Waals surface area (Å²) in [6.45, 7) is 6.02. The Labute approximate surface area is 171 Å². The normalized spacial score (nSPS) is 14.8. The molecule has 0 aliphatic carbocycles. The van der Waals surface area contributed by atoms with E-state index in [0.717, 1.165) is 45.0 Å². The largest absolute Gasteiger partial charge is 0.370 e. The van der Waals surface area contributed by atoms with Crippen molar-refractivity contribution in [1.29, 1.82) is 0 Å². The Kier molecular flexibility index (Phi) is 6.20. The van der Waals surface area contributed by atoms with Crippen molar-refractivity contribution in [1.82, 2.24) is 5.32 Å². The molecule has 1 heterocycles. The van der Waals surface area contributed by atoms with E-state index < -0.39 is 0 Å². The summed E-state index contributed by atoms with van der Waals surface area (Å²) >= 11 is 0. The van der Waals surface area contributed by atoms with E-state index in [-0.39, 0.29) is 5.91 Å². The molecule has 5 N–H and O–H groups in total. The topological polar surface area (TPSA) is 70.4 Å². The Morgan fingerprint density at radius 2 is 1.76 bits per heavy atom. The number of carbonyl (C=O) groups excluding carboxylic acids is 1. The van der Waals surface area contributed by atoms with Gasteiger partial charge in [-0.15, -0.1) is 0 Å². The number of fused-ring (bicyclic) bond motifs is 1. The molecule has 150 valence electrons. The molecule has 0 bridgehead atoms. The van der Waals surface area contributed by atoms with Crippen molar-refractivity contribution in [2.45, 2.75) is 6.54 Å². The van der Waals surface area contributed by atoms with Gasteiger partial charge in [0.05, 0.1) is 26.3 Å². The fourth-order valence-electron chi connectivity index (χ4n) is 4.02. The maximum Gasteiger partial charge on any atom is 0.251 e. The lowest BCUT2D eigenvalue weighted by Gasteiger charge is -2.23. The van der Waals surface area contributed by atoms with Gasteiger partial charge in [0.15, 0.2) is 0 Å². The minimum absolute atomic E-state index is 0.0143. The van der Waals surface area contributed by atoms with E-state index in [9.17, 15) is 4.79 Å². The third kappa shape index (κ3) is 4.48. The van der Waals surface area contributed by atoms with Crippen molar-refractivity contribution >= 4 is 16.7 Å². The van der Waals surface area contributed by atoms with Gasteiger partial charge in [-0.25, -0.2) is 0 Å². The highest BCUT2D eigenvalue weighted by molar-refractivity contribution is 5.99. The third-order valence-electron chi connectivity index (χ3n) is 5.68. The summed E-state index contributed by atoms with van der Waals surface area (Å²) in [5, 5.41) is 5.48. The average molecular weight is 392 g/mol. The number of hydrogen-bond acceptors (Lipinski definition) is 2. The lowest BCUT2D eigenvalue weighted by atomic mass is 9.93. The lowest BCUT2D eigenvalue weighted by Crippen LogP contribution is -3.14. The summed E-state index contributed by atoms with van der Waals surface area (Å²) in [7, 11) is 0. The van der Waals surface area contributed by atoms with E-state index in [4.69, 9.17) is 4.74 Å². The zero-order valence-corrected chi connectivity index (χ0v) is 16.7. The van der Waals surface area contributed by atoms with Gasteiger partial charge in [-0.2, -0.15) is 0 Å². The minimum atomic E-state index is -0.0143. The highest BCUT2D eigenvalue weighted by Crippen LogP contribution is 2.32. The molecular formula is C24H29N3O2+2. The zero-order valence-electron chi connectivity index (χ0n) is 16.7. The molecule has 0 saturated carbocycles. The first-order valence-corrected chi connectivity index (χ1v) is 10.4. The molecule has 29 heavy (non-hydrogen) atoms. The van der Waals surface area contributed by atoms with Gasteiger partial charge in [0.1, 0.15) is 19.6 Å². The van der Waals surface area contributed by atoms with Gasteiger partial charge in [0.2, 0.25) is 0 Å². The molecule has 0 atom stereocenters. The van der Waals surface area contributed by atoms with Crippen LogP contribution in [0.5, 0.6) is 0 Å². The summed E-state index contributed by atoms with van der Waals surface area (Å²) in [6, 6.07) is 20.6. The van der Waals surface area contributed by atoms with Crippen molar-refractivity contribution in [2.24, 2.45) is 0 Å². The molecule has 0 aromatic heterocycles. The van der Waals surface area contributed by atoms with Crippen LogP contribution in [0.4, 0.5) is 0 Å². The first kappa shape index (κ1) is 19.6. The number of nitrogens with one attached hydrogen (secondary N) is 2. The van der Waals surface area contributed by atoms with Crippen LogP contribution >= 0.6 is 0 Å². The van der Waals surface area contributed by atoms with Crippen molar-refractivity contribution in [3.05, 3.63) is 71.8 Å². The van der Waals surface area contributed by atoms with E-state index in [1.807, 2.05) is 24.3 Å². The molecular weight excluding hydrogens is 362 g/mol. The molecule has 1 aliphatic rings. The number of amides is 1. The predicted molar refractivity (Wildman–Crippen MR) is 115 cm³/mol. The fourth-order valence-corrected chi connectivity index (χ4v) is 4.02. The lowest BCUT2D eigenvalue weighted by molar-refractivity contribution is -0.906. The minimum Gasteiger partial charge on any atom is -0.370 e. The molecule has 5 heteroatoms. The number of carbonyl (C=O) groups is 1. The second-order valence-corrected chi connectivity index (χ2v) is 7.52.